The van der Waals surface area contributed by atoms with Crippen molar-refractivity contribution >= 4 is 16.9 Å². The average molecular weight is 325 g/mol. The highest BCUT2D eigenvalue weighted by Gasteiger charge is 2.03. The van der Waals surface area contributed by atoms with Gasteiger partial charge >= 0.3 is 0 Å². The van der Waals surface area contributed by atoms with Crippen molar-refractivity contribution in [1.82, 2.24) is 20.4 Å². The first-order chi connectivity index (χ1) is 11.8. The zero-order chi connectivity index (χ0) is 16.6. The lowest BCUT2D eigenvalue weighted by atomic mass is 10.2. The number of para-hydroxylation sites is 1. The van der Waals surface area contributed by atoms with Gasteiger partial charge < -0.3 is 15.1 Å². The Morgan fingerprint density at radius 2 is 2.17 bits per heavy atom. The van der Waals surface area contributed by atoms with Crippen LogP contribution >= 0.6 is 0 Å². The van der Waals surface area contributed by atoms with Crippen LogP contribution in [0.2, 0.25) is 0 Å². The highest BCUT2D eigenvalue weighted by atomic mass is 16.3. The van der Waals surface area contributed by atoms with Gasteiger partial charge in [0.15, 0.2) is 5.96 Å². The Morgan fingerprint density at radius 1 is 1.25 bits per heavy atom. The molecule has 0 unspecified atom stereocenters. The van der Waals surface area contributed by atoms with Crippen LogP contribution in [-0.4, -0.2) is 28.8 Å². The van der Waals surface area contributed by atoms with Crippen LogP contribution in [0.25, 0.3) is 11.0 Å². The zero-order valence-corrected chi connectivity index (χ0v) is 13.9. The van der Waals surface area contributed by atoms with Gasteiger partial charge in [-0.3, -0.25) is 4.68 Å². The molecule has 0 aliphatic rings. The molecule has 0 fully saturated rings. The Labute approximate surface area is 141 Å². The molecule has 0 saturated carbocycles. The van der Waals surface area contributed by atoms with Gasteiger partial charge in [-0.25, -0.2) is 4.99 Å². The molecular weight excluding hydrogens is 302 g/mol. The van der Waals surface area contributed by atoms with Crippen molar-refractivity contribution < 1.29 is 4.42 Å². The van der Waals surface area contributed by atoms with E-state index in [1.54, 1.807) is 6.20 Å². The van der Waals surface area contributed by atoms with Crippen molar-refractivity contribution in [3.05, 3.63) is 54.6 Å². The molecule has 0 bridgehead atoms. The van der Waals surface area contributed by atoms with Gasteiger partial charge in [-0.2, -0.15) is 5.10 Å². The third-order valence-electron chi connectivity index (χ3n) is 3.63. The monoisotopic (exact) mass is 325 g/mol. The first kappa shape index (κ1) is 16.1. The third-order valence-corrected chi connectivity index (χ3v) is 3.63. The quantitative estimate of drug-likeness (QED) is 0.398. The van der Waals surface area contributed by atoms with Gasteiger partial charge in [-0.05, 0) is 31.5 Å². The van der Waals surface area contributed by atoms with E-state index in [2.05, 4.69) is 27.6 Å². The Bertz CT molecular complexity index is 743. The van der Waals surface area contributed by atoms with Crippen LogP contribution in [0.3, 0.4) is 0 Å². The van der Waals surface area contributed by atoms with Crippen molar-refractivity contribution in [1.29, 1.82) is 0 Å². The van der Waals surface area contributed by atoms with Gasteiger partial charge in [0.1, 0.15) is 17.9 Å². The average Bonchev–Trinajstić information content (AvgIpc) is 3.25. The van der Waals surface area contributed by atoms with Gasteiger partial charge in [0, 0.05) is 37.4 Å². The van der Waals surface area contributed by atoms with E-state index in [-0.39, 0.29) is 0 Å². The second kappa shape index (κ2) is 8.19. The molecule has 126 valence electrons. The highest BCUT2D eigenvalue weighted by Crippen LogP contribution is 2.19. The van der Waals surface area contributed by atoms with E-state index in [0.29, 0.717) is 6.54 Å². The summed E-state index contributed by atoms with van der Waals surface area (Å²) in [4.78, 5) is 4.59. The molecule has 2 aromatic heterocycles. The van der Waals surface area contributed by atoms with Crippen molar-refractivity contribution in [3.8, 4) is 0 Å². The number of hydrogen-bond acceptors (Lipinski definition) is 3. The van der Waals surface area contributed by atoms with Crippen LogP contribution in [0.15, 0.2) is 58.2 Å². The highest BCUT2D eigenvalue weighted by molar-refractivity contribution is 5.80. The van der Waals surface area contributed by atoms with Crippen LogP contribution in [0, 0.1) is 0 Å². The lowest BCUT2D eigenvalue weighted by Crippen LogP contribution is -2.38. The lowest BCUT2D eigenvalue weighted by Gasteiger charge is -2.10. The molecule has 0 aliphatic heterocycles. The first-order valence-corrected chi connectivity index (χ1v) is 8.32. The molecule has 2 heterocycles. The maximum atomic E-state index is 5.80. The standard InChI is InChI=1S/C18H23N5O/c1-2-19-18(20-9-5-11-23-12-6-10-22-23)21-14-16-13-15-7-3-4-8-17(15)24-16/h3-4,6-8,10,12-13H,2,5,9,11,14H2,1H3,(H2,19,20,21). The number of aryl methyl sites for hydroxylation is 1. The number of hydrogen-bond donors (Lipinski definition) is 2. The molecule has 0 atom stereocenters. The maximum absolute atomic E-state index is 5.80. The maximum Gasteiger partial charge on any atom is 0.191 e. The molecule has 3 aromatic rings. The molecule has 3 rings (SSSR count). The van der Waals surface area contributed by atoms with E-state index < -0.39 is 0 Å². The number of nitrogens with one attached hydrogen (secondary N) is 2. The summed E-state index contributed by atoms with van der Waals surface area (Å²) < 4.78 is 7.73. The molecule has 0 saturated heterocycles. The Kier molecular flexibility index (Phi) is 5.50. The molecule has 6 nitrogen and oxygen atoms in total. The van der Waals surface area contributed by atoms with Crippen LogP contribution < -0.4 is 10.6 Å². The number of fused-ring (bicyclic) bond motifs is 1. The number of guanidine groups is 1. The third kappa shape index (κ3) is 4.38. The molecule has 24 heavy (non-hydrogen) atoms. The van der Waals surface area contributed by atoms with Gasteiger partial charge in [0.2, 0.25) is 0 Å². The van der Waals surface area contributed by atoms with Crippen molar-refractivity contribution in [2.75, 3.05) is 13.1 Å². The summed E-state index contributed by atoms with van der Waals surface area (Å²) in [6, 6.07) is 12.0. The van der Waals surface area contributed by atoms with Gasteiger partial charge in [0.25, 0.3) is 0 Å². The SMILES string of the molecule is CCNC(=NCc1cc2ccccc2o1)NCCCn1cccn1. The molecule has 1 aromatic carbocycles. The fourth-order valence-corrected chi connectivity index (χ4v) is 2.49. The van der Waals surface area contributed by atoms with Crippen LogP contribution in [-0.2, 0) is 13.1 Å². The number of nitrogens with zero attached hydrogens (tertiary/aromatic N) is 3. The van der Waals surface area contributed by atoms with Crippen LogP contribution in [0.1, 0.15) is 19.1 Å². The second-order valence-corrected chi connectivity index (χ2v) is 5.50. The molecule has 2 N–H and O–H groups in total. The summed E-state index contributed by atoms with van der Waals surface area (Å²) in [5, 5.41) is 11.9. The summed E-state index contributed by atoms with van der Waals surface area (Å²) in [5.41, 5.74) is 0.903. The van der Waals surface area contributed by atoms with Gasteiger partial charge in [-0.15, -0.1) is 0 Å². The normalized spacial score (nSPS) is 11.8. The molecule has 0 aliphatic carbocycles. The fraction of sp³-hybridized carbons (Fsp3) is 0.333. The summed E-state index contributed by atoms with van der Waals surface area (Å²) >= 11 is 0. The predicted octanol–water partition coefficient (Wildman–Crippen LogP) is 2.77. The van der Waals surface area contributed by atoms with Crippen LogP contribution in [0.5, 0.6) is 0 Å². The molecule has 6 heteroatoms. The summed E-state index contributed by atoms with van der Waals surface area (Å²) in [7, 11) is 0. The summed E-state index contributed by atoms with van der Waals surface area (Å²) in [5.74, 6) is 1.67. The Morgan fingerprint density at radius 3 is 2.96 bits per heavy atom. The van der Waals surface area contributed by atoms with Crippen molar-refractivity contribution in [3.63, 3.8) is 0 Å². The summed E-state index contributed by atoms with van der Waals surface area (Å²) in [6.07, 6.45) is 4.75. The number of benzene rings is 1. The molecule has 0 radical (unpaired) electrons. The van der Waals surface area contributed by atoms with E-state index in [1.165, 1.54) is 0 Å². The largest absolute Gasteiger partial charge is 0.459 e. The minimum atomic E-state index is 0.517. The number of aliphatic imine (C=N–C) groups is 1. The van der Waals surface area contributed by atoms with Crippen LogP contribution in [0.4, 0.5) is 0 Å². The van der Waals surface area contributed by atoms with E-state index in [4.69, 9.17) is 4.42 Å². The minimum absolute atomic E-state index is 0.517. The van der Waals surface area contributed by atoms with E-state index in [0.717, 1.165) is 48.7 Å². The first-order valence-electron chi connectivity index (χ1n) is 8.32. The smallest absolute Gasteiger partial charge is 0.191 e. The fourth-order valence-electron chi connectivity index (χ4n) is 2.49. The number of rotatable bonds is 7. The Hall–Kier alpha value is -2.76. The van der Waals surface area contributed by atoms with E-state index >= 15 is 0 Å². The lowest BCUT2D eigenvalue weighted by molar-refractivity contribution is 0.550. The topological polar surface area (TPSA) is 67.4 Å². The molecular formula is C18H23N5O. The van der Waals surface area contributed by atoms with E-state index in [1.807, 2.05) is 47.3 Å². The van der Waals surface area contributed by atoms with Crippen molar-refractivity contribution in [2.24, 2.45) is 4.99 Å². The minimum Gasteiger partial charge on any atom is -0.459 e. The molecule has 0 spiro atoms. The number of furan rings is 1. The van der Waals surface area contributed by atoms with Gasteiger partial charge in [0.05, 0.1) is 0 Å². The van der Waals surface area contributed by atoms with Gasteiger partial charge in [-0.1, -0.05) is 18.2 Å². The number of aromatic nitrogens is 2. The summed E-state index contributed by atoms with van der Waals surface area (Å²) in [6.45, 7) is 5.13. The van der Waals surface area contributed by atoms with Crippen molar-refractivity contribution in [2.45, 2.75) is 26.4 Å². The zero-order valence-electron chi connectivity index (χ0n) is 13.9. The molecule has 0 amide bonds. The predicted molar refractivity (Wildman–Crippen MR) is 95.9 cm³/mol. The Balaban J connectivity index is 1.52. The second-order valence-electron chi connectivity index (χ2n) is 5.50. The van der Waals surface area contributed by atoms with E-state index in [9.17, 15) is 0 Å².